The lowest BCUT2D eigenvalue weighted by Crippen LogP contribution is -2.29. The smallest absolute Gasteiger partial charge is 0.257 e. The average Bonchev–Trinajstić information content (AvgIpc) is 2.69. The Labute approximate surface area is 189 Å². The Hall–Kier alpha value is -2.67. The predicted molar refractivity (Wildman–Crippen MR) is 123 cm³/mol. The van der Waals surface area contributed by atoms with Crippen LogP contribution in [0.3, 0.4) is 0 Å². The summed E-state index contributed by atoms with van der Waals surface area (Å²) in [5, 5.41) is 10.8. The van der Waals surface area contributed by atoms with Gasteiger partial charge in [0.2, 0.25) is 5.91 Å². The molecule has 1 amide bonds. The summed E-state index contributed by atoms with van der Waals surface area (Å²) < 4.78 is 2.59. The maximum absolute atomic E-state index is 11.8. The van der Waals surface area contributed by atoms with Crippen molar-refractivity contribution in [3.05, 3.63) is 87.9 Å². The van der Waals surface area contributed by atoms with Crippen molar-refractivity contribution in [1.29, 1.82) is 0 Å². The highest BCUT2D eigenvalue weighted by Gasteiger charge is 2.18. The van der Waals surface area contributed by atoms with Crippen LogP contribution in [-0.2, 0) is 11.2 Å². The second kappa shape index (κ2) is 9.89. The molecule has 154 valence electrons. The van der Waals surface area contributed by atoms with Crippen molar-refractivity contribution in [2.24, 2.45) is 5.73 Å². The number of hydrogen-bond donors (Lipinski definition) is 2. The van der Waals surface area contributed by atoms with Crippen LogP contribution in [0.2, 0.25) is 10.0 Å². The van der Waals surface area contributed by atoms with Gasteiger partial charge in [0.05, 0.1) is 5.69 Å². The van der Waals surface area contributed by atoms with Gasteiger partial charge < -0.3 is 10.0 Å². The van der Waals surface area contributed by atoms with Crippen LogP contribution in [0.1, 0.15) is 11.1 Å². The van der Waals surface area contributed by atoms with Crippen LogP contribution in [0.4, 0.5) is 11.4 Å². The molecule has 3 aromatic carbocycles. The van der Waals surface area contributed by atoms with E-state index in [2.05, 4.69) is 6.72 Å². The summed E-state index contributed by atoms with van der Waals surface area (Å²) in [5.41, 5.74) is 8.69. The van der Waals surface area contributed by atoms with Crippen LogP contribution >= 0.6 is 35.1 Å². The zero-order chi connectivity index (χ0) is 21.7. The molecule has 3 aromatic rings. The van der Waals surface area contributed by atoms with Gasteiger partial charge in [-0.25, -0.2) is 0 Å². The summed E-state index contributed by atoms with van der Waals surface area (Å²) in [6.07, 6.45) is 0.536. The van der Waals surface area contributed by atoms with E-state index in [4.69, 9.17) is 28.9 Å². The quantitative estimate of drug-likeness (QED) is 0.157. The lowest BCUT2D eigenvalue weighted by molar-refractivity contribution is -0.706. The van der Waals surface area contributed by atoms with Crippen LogP contribution < -0.4 is 10.0 Å². The molecule has 3 rings (SSSR count). The number of halogens is 2. The Kier molecular flexibility index (Phi) is 7.26. The number of hydrogen-bond acceptors (Lipinski definition) is 4. The number of benzene rings is 3. The minimum absolute atomic E-state index is 0.0146. The topological polar surface area (TPSA) is 69.6 Å². The van der Waals surface area contributed by atoms with E-state index in [9.17, 15) is 10.0 Å². The number of rotatable bonds is 8. The van der Waals surface area contributed by atoms with Crippen LogP contribution in [0.15, 0.2) is 71.6 Å². The fourth-order valence-electron chi connectivity index (χ4n) is 2.92. The molecule has 0 atom stereocenters. The summed E-state index contributed by atoms with van der Waals surface area (Å²) in [4.78, 5) is 12.6. The standard InChI is InChI=1S/C22H19Cl2N3O2S/c1-26(29)18-6-4-7-19(13-18)30-27(14-22(25)28)21-10-9-17(23)12-16(21)11-15-5-2-3-8-20(15)24/h2-10,12-13H,1,11,14H2,(H2-,25,28,29)/p+1. The van der Waals surface area contributed by atoms with Crippen molar-refractivity contribution in [2.75, 3.05) is 10.8 Å². The van der Waals surface area contributed by atoms with Gasteiger partial charge in [-0.2, -0.15) is 0 Å². The summed E-state index contributed by atoms with van der Waals surface area (Å²) in [6, 6.07) is 20.2. The molecule has 0 aliphatic rings. The van der Waals surface area contributed by atoms with Gasteiger partial charge in [0, 0.05) is 38.2 Å². The van der Waals surface area contributed by atoms with Crippen molar-refractivity contribution in [1.82, 2.24) is 0 Å². The fourth-order valence-corrected chi connectivity index (χ4v) is 4.36. The molecular formula is C22H20Cl2N3O2S+. The van der Waals surface area contributed by atoms with E-state index in [1.54, 1.807) is 28.6 Å². The van der Waals surface area contributed by atoms with Gasteiger partial charge in [0.15, 0.2) is 6.72 Å². The van der Waals surface area contributed by atoms with Crippen molar-refractivity contribution < 1.29 is 14.7 Å². The van der Waals surface area contributed by atoms with E-state index >= 15 is 0 Å². The number of amides is 1. The number of nitrogens with zero attached hydrogens (tertiary/aromatic N) is 2. The Balaban J connectivity index is 1.99. The van der Waals surface area contributed by atoms with E-state index in [0.717, 1.165) is 26.4 Å². The number of carbonyl (C=O) groups is 1. The maximum Gasteiger partial charge on any atom is 0.257 e. The molecule has 0 saturated heterocycles. The van der Waals surface area contributed by atoms with Crippen molar-refractivity contribution in [3.63, 3.8) is 0 Å². The SMILES string of the molecule is C=[N+](O)c1cccc(SN(CC(N)=O)c2ccc(Cl)cc2Cc2ccccc2Cl)c1. The fraction of sp³-hybridized carbons (Fsp3) is 0.0909. The minimum atomic E-state index is -0.474. The van der Waals surface area contributed by atoms with Crippen molar-refractivity contribution >= 4 is 59.1 Å². The molecule has 0 bridgehead atoms. The average molecular weight is 461 g/mol. The monoisotopic (exact) mass is 460 g/mol. The van der Waals surface area contributed by atoms with Gasteiger partial charge in [0.25, 0.3) is 5.69 Å². The molecule has 0 unspecified atom stereocenters. The highest BCUT2D eigenvalue weighted by molar-refractivity contribution is 8.00. The molecule has 0 fully saturated rings. The summed E-state index contributed by atoms with van der Waals surface area (Å²) >= 11 is 13.9. The third-order valence-electron chi connectivity index (χ3n) is 4.28. The van der Waals surface area contributed by atoms with Crippen LogP contribution in [0, 0.1) is 0 Å². The van der Waals surface area contributed by atoms with Crippen LogP contribution in [0.5, 0.6) is 0 Å². The summed E-state index contributed by atoms with van der Waals surface area (Å²) in [7, 11) is 0. The molecule has 0 heterocycles. The summed E-state index contributed by atoms with van der Waals surface area (Å²) in [5.74, 6) is -0.474. The maximum atomic E-state index is 11.8. The van der Waals surface area contributed by atoms with E-state index in [1.165, 1.54) is 11.9 Å². The molecule has 0 aliphatic carbocycles. The van der Waals surface area contributed by atoms with Gasteiger partial charge in [-0.15, -0.1) is 0 Å². The van der Waals surface area contributed by atoms with Crippen LogP contribution in [0.25, 0.3) is 0 Å². The second-order valence-electron chi connectivity index (χ2n) is 6.53. The number of carbonyl (C=O) groups excluding carboxylic acids is 1. The first-order valence-corrected chi connectivity index (χ1v) is 10.5. The highest BCUT2D eigenvalue weighted by Crippen LogP contribution is 2.35. The first kappa shape index (κ1) is 22.0. The first-order valence-electron chi connectivity index (χ1n) is 8.98. The molecule has 0 spiro atoms. The van der Waals surface area contributed by atoms with E-state index < -0.39 is 5.91 Å². The molecule has 30 heavy (non-hydrogen) atoms. The van der Waals surface area contributed by atoms with Gasteiger partial charge in [-0.3, -0.25) is 10.0 Å². The predicted octanol–water partition coefficient (Wildman–Crippen LogP) is 5.32. The zero-order valence-electron chi connectivity index (χ0n) is 16.0. The molecule has 0 aromatic heterocycles. The van der Waals surface area contributed by atoms with Gasteiger partial charge >= 0.3 is 0 Å². The Morgan fingerprint density at radius 2 is 1.83 bits per heavy atom. The zero-order valence-corrected chi connectivity index (χ0v) is 18.3. The molecule has 0 radical (unpaired) electrons. The van der Waals surface area contributed by atoms with Gasteiger partial charge in [-0.1, -0.05) is 47.5 Å². The molecule has 3 N–H and O–H groups in total. The highest BCUT2D eigenvalue weighted by atomic mass is 35.5. The summed E-state index contributed by atoms with van der Waals surface area (Å²) in [6.45, 7) is 3.46. The second-order valence-corrected chi connectivity index (χ2v) is 8.47. The number of nitrogens with two attached hydrogens (primary N) is 1. The third kappa shape index (κ3) is 5.69. The molecular weight excluding hydrogens is 441 g/mol. The molecule has 5 nitrogen and oxygen atoms in total. The minimum Gasteiger partial charge on any atom is -0.368 e. The Morgan fingerprint density at radius 3 is 2.53 bits per heavy atom. The molecule has 8 heteroatoms. The Morgan fingerprint density at radius 1 is 1.07 bits per heavy atom. The normalized spacial score (nSPS) is 10.6. The Bertz CT molecular complexity index is 1090. The van der Waals surface area contributed by atoms with E-state index in [1.807, 2.05) is 42.5 Å². The number of anilines is 1. The number of primary amides is 1. The van der Waals surface area contributed by atoms with E-state index in [0.29, 0.717) is 22.2 Å². The third-order valence-corrected chi connectivity index (χ3v) is 5.89. The van der Waals surface area contributed by atoms with E-state index in [-0.39, 0.29) is 6.54 Å². The first-order chi connectivity index (χ1) is 14.3. The van der Waals surface area contributed by atoms with Gasteiger partial charge in [-0.05, 0) is 53.4 Å². The van der Waals surface area contributed by atoms with Crippen molar-refractivity contribution in [2.45, 2.75) is 11.3 Å². The largest absolute Gasteiger partial charge is 0.368 e. The lowest BCUT2D eigenvalue weighted by atomic mass is 10.0. The van der Waals surface area contributed by atoms with Crippen molar-refractivity contribution in [3.8, 4) is 0 Å². The lowest BCUT2D eigenvalue weighted by Gasteiger charge is -2.25. The van der Waals surface area contributed by atoms with Gasteiger partial charge in [0.1, 0.15) is 6.54 Å². The molecule has 0 saturated carbocycles. The molecule has 0 aliphatic heterocycles. The van der Waals surface area contributed by atoms with Crippen LogP contribution in [-0.4, -0.2) is 29.1 Å².